The number of unbranched alkanes of at least 4 members (excludes halogenated alkanes) is 1. The van der Waals surface area contributed by atoms with E-state index in [2.05, 4.69) is 6.92 Å². The molecular weight excluding hydrogens is 186 g/mol. The highest BCUT2D eigenvalue weighted by atomic mass is 16.5. The van der Waals surface area contributed by atoms with Gasteiger partial charge in [-0.2, -0.15) is 0 Å². The molecule has 0 heterocycles. The second-order valence-corrected chi connectivity index (χ2v) is 5.04. The van der Waals surface area contributed by atoms with Gasteiger partial charge in [-0.15, -0.1) is 0 Å². The topological polar surface area (TPSA) is 35.2 Å². The van der Waals surface area contributed by atoms with Gasteiger partial charge in [-0.3, -0.25) is 0 Å². The third-order valence-corrected chi connectivity index (χ3v) is 3.82. The maximum absolute atomic E-state index is 6.08. The highest BCUT2D eigenvalue weighted by molar-refractivity contribution is 4.79. The predicted molar refractivity (Wildman–Crippen MR) is 64.8 cm³/mol. The summed E-state index contributed by atoms with van der Waals surface area (Å²) in [7, 11) is 1.74. The van der Waals surface area contributed by atoms with Crippen LogP contribution in [0.1, 0.15) is 51.9 Å². The van der Waals surface area contributed by atoms with Crippen molar-refractivity contribution < 1.29 is 4.74 Å². The summed E-state index contributed by atoms with van der Waals surface area (Å²) >= 11 is 0. The van der Waals surface area contributed by atoms with Gasteiger partial charge in [0.05, 0.1) is 6.61 Å². The lowest BCUT2D eigenvalue weighted by Crippen LogP contribution is -2.36. The Balaban J connectivity index is 2.17. The van der Waals surface area contributed by atoms with E-state index < -0.39 is 0 Å². The average Bonchev–Trinajstić information content (AvgIpc) is 2.27. The van der Waals surface area contributed by atoms with Crippen molar-refractivity contribution in [2.24, 2.45) is 17.6 Å². The monoisotopic (exact) mass is 213 g/mol. The van der Waals surface area contributed by atoms with Gasteiger partial charge in [-0.25, -0.2) is 0 Å². The molecule has 0 aromatic heterocycles. The summed E-state index contributed by atoms with van der Waals surface area (Å²) in [5, 5.41) is 0. The van der Waals surface area contributed by atoms with Crippen LogP contribution in [0.15, 0.2) is 0 Å². The average molecular weight is 213 g/mol. The largest absolute Gasteiger partial charge is 0.383 e. The van der Waals surface area contributed by atoms with Gasteiger partial charge in [-0.05, 0) is 24.7 Å². The Bertz CT molecular complexity index is 153. The SMILES string of the molecule is CCCCC1CCC(C(N)COC)CC1. The Morgan fingerprint density at radius 1 is 1.27 bits per heavy atom. The Kier molecular flexibility index (Phi) is 6.26. The molecule has 0 bridgehead atoms. The summed E-state index contributed by atoms with van der Waals surface area (Å²) in [5.74, 6) is 1.69. The quantitative estimate of drug-likeness (QED) is 0.736. The van der Waals surface area contributed by atoms with Crippen molar-refractivity contribution >= 4 is 0 Å². The second kappa shape index (κ2) is 7.24. The van der Waals surface area contributed by atoms with Gasteiger partial charge in [0.15, 0.2) is 0 Å². The maximum atomic E-state index is 6.08. The standard InChI is InChI=1S/C13H27NO/c1-3-4-5-11-6-8-12(9-7-11)13(14)10-15-2/h11-13H,3-10,14H2,1-2H3. The molecule has 0 aromatic carbocycles. The Labute approximate surface area is 94.6 Å². The first-order chi connectivity index (χ1) is 7.27. The van der Waals surface area contributed by atoms with Gasteiger partial charge >= 0.3 is 0 Å². The third kappa shape index (κ3) is 4.52. The van der Waals surface area contributed by atoms with Gasteiger partial charge in [0.1, 0.15) is 0 Å². The highest BCUT2D eigenvalue weighted by Crippen LogP contribution is 2.33. The van der Waals surface area contributed by atoms with Crippen molar-refractivity contribution in [3.8, 4) is 0 Å². The van der Waals surface area contributed by atoms with Crippen molar-refractivity contribution in [2.45, 2.75) is 57.9 Å². The van der Waals surface area contributed by atoms with Crippen molar-refractivity contribution in [3.63, 3.8) is 0 Å². The summed E-state index contributed by atoms with van der Waals surface area (Å²) in [4.78, 5) is 0. The lowest BCUT2D eigenvalue weighted by Gasteiger charge is -2.31. The molecule has 1 fully saturated rings. The molecule has 1 aliphatic carbocycles. The summed E-state index contributed by atoms with van der Waals surface area (Å²) in [6.07, 6.45) is 9.59. The molecule has 2 nitrogen and oxygen atoms in total. The number of methoxy groups -OCH3 is 1. The first-order valence-electron chi connectivity index (χ1n) is 6.52. The van der Waals surface area contributed by atoms with E-state index in [1.54, 1.807) is 7.11 Å². The molecule has 1 aliphatic rings. The van der Waals surface area contributed by atoms with E-state index in [0.29, 0.717) is 5.92 Å². The van der Waals surface area contributed by atoms with Crippen LogP contribution in [0.4, 0.5) is 0 Å². The number of hydrogen-bond donors (Lipinski definition) is 1. The smallest absolute Gasteiger partial charge is 0.0616 e. The number of ether oxygens (including phenoxy) is 1. The molecule has 15 heavy (non-hydrogen) atoms. The maximum Gasteiger partial charge on any atom is 0.0616 e. The molecule has 90 valence electrons. The summed E-state index contributed by atoms with van der Waals surface area (Å²) < 4.78 is 5.12. The molecule has 0 saturated heterocycles. The van der Waals surface area contributed by atoms with Gasteiger partial charge in [0.2, 0.25) is 0 Å². The van der Waals surface area contributed by atoms with Crippen molar-refractivity contribution in [1.82, 2.24) is 0 Å². The van der Waals surface area contributed by atoms with Crippen LogP contribution in [-0.2, 0) is 4.74 Å². The van der Waals surface area contributed by atoms with E-state index in [0.717, 1.165) is 12.5 Å². The first-order valence-corrected chi connectivity index (χ1v) is 6.52. The molecule has 1 atom stereocenters. The predicted octanol–water partition coefficient (Wildman–Crippen LogP) is 2.96. The van der Waals surface area contributed by atoms with E-state index in [-0.39, 0.29) is 6.04 Å². The van der Waals surface area contributed by atoms with Crippen LogP contribution >= 0.6 is 0 Å². The lowest BCUT2D eigenvalue weighted by molar-refractivity contribution is 0.133. The first kappa shape index (κ1) is 13.0. The molecular formula is C13H27NO. The minimum atomic E-state index is 0.266. The van der Waals surface area contributed by atoms with Gasteiger partial charge in [0, 0.05) is 13.2 Å². The lowest BCUT2D eigenvalue weighted by atomic mass is 9.77. The zero-order valence-corrected chi connectivity index (χ0v) is 10.4. The van der Waals surface area contributed by atoms with Crippen LogP contribution in [0.25, 0.3) is 0 Å². The van der Waals surface area contributed by atoms with Crippen LogP contribution < -0.4 is 5.73 Å². The molecule has 1 saturated carbocycles. The molecule has 0 amide bonds. The van der Waals surface area contributed by atoms with Crippen molar-refractivity contribution in [3.05, 3.63) is 0 Å². The molecule has 1 unspecified atom stereocenters. The minimum absolute atomic E-state index is 0.266. The van der Waals surface area contributed by atoms with E-state index in [4.69, 9.17) is 10.5 Å². The number of hydrogen-bond acceptors (Lipinski definition) is 2. The summed E-state index contributed by atoms with van der Waals surface area (Å²) in [5.41, 5.74) is 6.08. The van der Waals surface area contributed by atoms with Crippen LogP contribution in [-0.4, -0.2) is 19.8 Å². The van der Waals surface area contributed by atoms with Crippen LogP contribution in [0, 0.1) is 11.8 Å². The number of rotatable bonds is 6. The molecule has 2 heteroatoms. The summed E-state index contributed by atoms with van der Waals surface area (Å²) in [6.45, 7) is 3.00. The summed E-state index contributed by atoms with van der Waals surface area (Å²) in [6, 6.07) is 0.266. The normalized spacial score (nSPS) is 29.0. The molecule has 2 N–H and O–H groups in total. The van der Waals surface area contributed by atoms with Crippen LogP contribution in [0.5, 0.6) is 0 Å². The fraction of sp³-hybridized carbons (Fsp3) is 1.00. The fourth-order valence-corrected chi connectivity index (χ4v) is 2.73. The van der Waals surface area contributed by atoms with Crippen LogP contribution in [0.3, 0.4) is 0 Å². The molecule has 0 spiro atoms. The second-order valence-electron chi connectivity index (χ2n) is 5.04. The van der Waals surface area contributed by atoms with Crippen molar-refractivity contribution in [2.75, 3.05) is 13.7 Å². The zero-order valence-electron chi connectivity index (χ0n) is 10.4. The number of nitrogens with two attached hydrogens (primary N) is 1. The van der Waals surface area contributed by atoms with Crippen LogP contribution in [0.2, 0.25) is 0 Å². The highest BCUT2D eigenvalue weighted by Gasteiger charge is 2.24. The van der Waals surface area contributed by atoms with E-state index >= 15 is 0 Å². The molecule has 0 radical (unpaired) electrons. The molecule has 0 aromatic rings. The Morgan fingerprint density at radius 3 is 2.47 bits per heavy atom. The Hall–Kier alpha value is -0.0800. The van der Waals surface area contributed by atoms with Gasteiger partial charge in [-0.1, -0.05) is 39.0 Å². The van der Waals surface area contributed by atoms with Gasteiger partial charge < -0.3 is 10.5 Å². The zero-order chi connectivity index (χ0) is 11.1. The minimum Gasteiger partial charge on any atom is -0.383 e. The Morgan fingerprint density at radius 2 is 1.93 bits per heavy atom. The van der Waals surface area contributed by atoms with E-state index in [9.17, 15) is 0 Å². The molecule has 0 aliphatic heterocycles. The molecule has 1 rings (SSSR count). The van der Waals surface area contributed by atoms with E-state index in [1.807, 2.05) is 0 Å². The fourth-order valence-electron chi connectivity index (χ4n) is 2.73. The van der Waals surface area contributed by atoms with E-state index in [1.165, 1.54) is 44.9 Å². The van der Waals surface area contributed by atoms with Gasteiger partial charge in [0.25, 0.3) is 0 Å². The van der Waals surface area contributed by atoms with Crippen molar-refractivity contribution in [1.29, 1.82) is 0 Å². The third-order valence-electron chi connectivity index (χ3n) is 3.82.